The smallest absolute Gasteiger partial charge is 0.408 e. The van der Waals surface area contributed by atoms with E-state index in [-0.39, 0.29) is 11.8 Å². The zero-order chi connectivity index (χ0) is 26.6. The van der Waals surface area contributed by atoms with E-state index in [1.165, 1.54) is 0 Å². The van der Waals surface area contributed by atoms with Gasteiger partial charge in [-0.05, 0) is 83.1 Å². The van der Waals surface area contributed by atoms with Gasteiger partial charge in [0.1, 0.15) is 17.7 Å². The van der Waals surface area contributed by atoms with Crippen molar-refractivity contribution in [1.82, 2.24) is 15.5 Å². The number of benzene rings is 1. The first-order valence-electron chi connectivity index (χ1n) is 12.6. The zero-order valence-corrected chi connectivity index (χ0v) is 23.6. The third-order valence-electron chi connectivity index (χ3n) is 5.68. The summed E-state index contributed by atoms with van der Waals surface area (Å²) in [6, 6.07) is 4.29. The minimum Gasteiger partial charge on any atom is -0.444 e. The Labute approximate surface area is 216 Å². The quantitative estimate of drug-likeness (QED) is 0.361. The van der Waals surface area contributed by atoms with Crippen molar-refractivity contribution in [2.75, 3.05) is 25.1 Å². The van der Waals surface area contributed by atoms with Crippen molar-refractivity contribution in [3.05, 3.63) is 34.9 Å². The van der Waals surface area contributed by atoms with Gasteiger partial charge in [0, 0.05) is 13.1 Å². The van der Waals surface area contributed by atoms with Crippen LogP contribution in [0.3, 0.4) is 0 Å². The van der Waals surface area contributed by atoms with Crippen molar-refractivity contribution in [3.8, 4) is 0 Å². The lowest BCUT2D eigenvalue weighted by Gasteiger charge is -2.35. The van der Waals surface area contributed by atoms with Gasteiger partial charge in [0.15, 0.2) is 0 Å². The molecule has 0 saturated heterocycles. The number of unbranched alkanes of at least 4 members (excludes halogenated alkanes) is 2. The molecule has 0 aromatic heterocycles. The molecule has 0 radical (unpaired) electrons. The van der Waals surface area contributed by atoms with E-state index in [0.29, 0.717) is 25.3 Å². The molecule has 0 aliphatic heterocycles. The number of amides is 3. The second-order valence-electron chi connectivity index (χ2n) is 9.81. The van der Waals surface area contributed by atoms with Crippen LogP contribution in [0.5, 0.6) is 0 Å². The molecule has 1 aromatic carbocycles. The molecule has 0 fully saturated rings. The number of hydrogen-bond donors (Lipinski definition) is 2. The summed E-state index contributed by atoms with van der Waals surface area (Å²) in [6.45, 7) is 14.1. The molecule has 2 atom stereocenters. The van der Waals surface area contributed by atoms with Crippen LogP contribution >= 0.6 is 11.8 Å². The Bertz CT molecular complexity index is 818. The second kappa shape index (κ2) is 15.0. The Morgan fingerprint density at radius 1 is 1.09 bits per heavy atom. The number of nitrogens with zero attached hydrogens (tertiary/aromatic N) is 1. The van der Waals surface area contributed by atoms with Crippen molar-refractivity contribution in [2.45, 2.75) is 91.8 Å². The first kappa shape index (κ1) is 30.8. The number of carbonyl (C=O) groups excluding carboxylic acids is 3. The maximum Gasteiger partial charge on any atom is 0.408 e. The Balaban J connectivity index is 3.35. The molecule has 3 amide bonds. The van der Waals surface area contributed by atoms with Crippen LogP contribution in [0.4, 0.5) is 4.79 Å². The number of ether oxygens (including phenoxy) is 1. The number of likely N-dealkylation sites (N-methyl/N-ethyl adjacent to an activating group) is 1. The molecule has 0 saturated carbocycles. The molecule has 1 aromatic rings. The summed E-state index contributed by atoms with van der Waals surface area (Å²) in [5, 5.41) is 5.81. The van der Waals surface area contributed by atoms with Crippen LogP contribution in [0.2, 0.25) is 0 Å². The molecule has 0 aliphatic carbocycles. The van der Waals surface area contributed by atoms with Crippen LogP contribution in [-0.4, -0.2) is 59.5 Å². The second-order valence-corrected chi connectivity index (χ2v) is 10.8. The van der Waals surface area contributed by atoms with Gasteiger partial charge in [0.05, 0.1) is 0 Å². The molecule has 0 spiro atoms. The SMILES string of the molecule is CCCCCNC(=O)C(c1c(C)cccc1C)N(CC)C(=O)C(CCSC)NC(=O)OC(C)(C)C. The van der Waals surface area contributed by atoms with Crippen molar-refractivity contribution in [2.24, 2.45) is 0 Å². The van der Waals surface area contributed by atoms with Crippen LogP contribution in [-0.2, 0) is 14.3 Å². The fourth-order valence-electron chi connectivity index (χ4n) is 3.98. The van der Waals surface area contributed by atoms with E-state index >= 15 is 0 Å². The Hall–Kier alpha value is -2.22. The number of nitrogens with one attached hydrogen (secondary N) is 2. The third-order valence-corrected chi connectivity index (χ3v) is 6.32. The van der Waals surface area contributed by atoms with Crippen molar-refractivity contribution >= 4 is 29.7 Å². The Morgan fingerprint density at radius 2 is 1.71 bits per heavy atom. The maximum absolute atomic E-state index is 13.9. The Kier molecular flexibility index (Phi) is 13.2. The zero-order valence-electron chi connectivity index (χ0n) is 22.8. The minimum absolute atomic E-state index is 0.199. The number of carbonyl (C=O) groups is 3. The fraction of sp³-hybridized carbons (Fsp3) is 0.667. The highest BCUT2D eigenvalue weighted by Crippen LogP contribution is 2.29. The van der Waals surface area contributed by atoms with Gasteiger partial charge in [-0.3, -0.25) is 9.59 Å². The van der Waals surface area contributed by atoms with E-state index in [9.17, 15) is 14.4 Å². The van der Waals surface area contributed by atoms with Crippen molar-refractivity contribution in [1.29, 1.82) is 0 Å². The summed E-state index contributed by atoms with van der Waals surface area (Å²) in [5.74, 6) is 0.194. The highest BCUT2D eigenvalue weighted by atomic mass is 32.2. The first-order chi connectivity index (χ1) is 16.5. The highest BCUT2D eigenvalue weighted by Gasteiger charge is 2.36. The van der Waals surface area contributed by atoms with Crippen LogP contribution in [0.15, 0.2) is 18.2 Å². The summed E-state index contributed by atoms with van der Waals surface area (Å²) < 4.78 is 5.41. The van der Waals surface area contributed by atoms with E-state index < -0.39 is 23.8 Å². The molecule has 1 rings (SSSR count). The average Bonchev–Trinajstić information content (AvgIpc) is 2.77. The molecule has 2 unspecified atom stereocenters. The average molecular weight is 508 g/mol. The molecule has 198 valence electrons. The maximum atomic E-state index is 13.9. The number of thioether (sulfide) groups is 1. The van der Waals surface area contributed by atoms with E-state index in [0.717, 1.165) is 36.0 Å². The van der Waals surface area contributed by atoms with Crippen LogP contribution in [0.1, 0.15) is 83.0 Å². The van der Waals surface area contributed by atoms with Gasteiger partial charge in [0.25, 0.3) is 0 Å². The van der Waals surface area contributed by atoms with E-state index in [1.807, 2.05) is 45.2 Å². The molecule has 0 aliphatic rings. The molecule has 7 nitrogen and oxygen atoms in total. The minimum atomic E-state index is -0.794. The van der Waals surface area contributed by atoms with Gasteiger partial charge in [-0.15, -0.1) is 0 Å². The largest absolute Gasteiger partial charge is 0.444 e. The topological polar surface area (TPSA) is 87.7 Å². The van der Waals surface area contributed by atoms with Gasteiger partial charge in [-0.1, -0.05) is 38.0 Å². The molecule has 0 bridgehead atoms. The number of alkyl carbamates (subject to hydrolysis) is 1. The molecular weight excluding hydrogens is 462 g/mol. The monoisotopic (exact) mass is 507 g/mol. The fourth-order valence-corrected chi connectivity index (χ4v) is 4.45. The lowest BCUT2D eigenvalue weighted by molar-refractivity contribution is -0.142. The third kappa shape index (κ3) is 10.1. The summed E-state index contributed by atoms with van der Waals surface area (Å²) >= 11 is 1.60. The van der Waals surface area contributed by atoms with Gasteiger partial charge in [0.2, 0.25) is 11.8 Å². The highest BCUT2D eigenvalue weighted by molar-refractivity contribution is 7.98. The number of aryl methyl sites for hydroxylation is 2. The molecule has 35 heavy (non-hydrogen) atoms. The van der Waals surface area contributed by atoms with Crippen molar-refractivity contribution < 1.29 is 19.1 Å². The summed E-state index contributed by atoms with van der Waals surface area (Å²) in [6.07, 6.45) is 4.73. The summed E-state index contributed by atoms with van der Waals surface area (Å²) in [5.41, 5.74) is 2.05. The van der Waals surface area contributed by atoms with Crippen LogP contribution < -0.4 is 10.6 Å². The lowest BCUT2D eigenvalue weighted by Crippen LogP contribution is -2.53. The predicted molar refractivity (Wildman–Crippen MR) is 145 cm³/mol. The molecule has 2 N–H and O–H groups in total. The first-order valence-corrected chi connectivity index (χ1v) is 14.0. The summed E-state index contributed by atoms with van der Waals surface area (Å²) in [4.78, 5) is 41.5. The van der Waals surface area contributed by atoms with Crippen LogP contribution in [0.25, 0.3) is 0 Å². The molecular formula is C27H45N3O4S. The van der Waals surface area contributed by atoms with E-state index in [2.05, 4.69) is 17.6 Å². The normalized spacial score (nSPS) is 13.0. The Morgan fingerprint density at radius 3 is 2.23 bits per heavy atom. The lowest BCUT2D eigenvalue weighted by atomic mass is 9.93. The van der Waals surface area contributed by atoms with Crippen LogP contribution in [0, 0.1) is 13.8 Å². The van der Waals surface area contributed by atoms with E-state index in [4.69, 9.17) is 4.74 Å². The van der Waals surface area contributed by atoms with Gasteiger partial charge in [-0.2, -0.15) is 11.8 Å². The number of hydrogen-bond acceptors (Lipinski definition) is 5. The van der Waals surface area contributed by atoms with Crippen molar-refractivity contribution in [3.63, 3.8) is 0 Å². The number of rotatable bonds is 13. The van der Waals surface area contributed by atoms with Gasteiger partial charge >= 0.3 is 6.09 Å². The standard InChI is InChI=1S/C27H45N3O4S/c1-9-11-12-17-28-24(31)23(22-19(3)14-13-15-20(22)4)30(10-2)25(32)21(16-18-35-8)29-26(33)34-27(5,6)7/h13-15,21,23H,9-12,16-18H2,1-8H3,(H,28,31)(H,29,33). The predicted octanol–water partition coefficient (Wildman–Crippen LogP) is 5.15. The van der Waals surface area contributed by atoms with Gasteiger partial charge < -0.3 is 20.3 Å². The summed E-state index contributed by atoms with van der Waals surface area (Å²) in [7, 11) is 0. The molecule has 0 heterocycles. The van der Waals surface area contributed by atoms with E-state index in [1.54, 1.807) is 37.4 Å². The molecule has 8 heteroatoms. The van der Waals surface area contributed by atoms with Gasteiger partial charge in [-0.25, -0.2) is 4.79 Å².